The third-order valence-corrected chi connectivity index (χ3v) is 7.28. The molecule has 1 saturated heterocycles. The molecule has 0 aromatic heterocycles. The average molecular weight is 449 g/mol. The molecule has 7 nitrogen and oxygen atoms in total. The van der Waals surface area contributed by atoms with Crippen molar-refractivity contribution in [2.24, 2.45) is 5.92 Å². The zero-order chi connectivity index (χ0) is 22.6. The number of rotatable bonds is 8. The Labute approximate surface area is 181 Å². The number of anilines is 1. The topological polar surface area (TPSA) is 84.0 Å². The van der Waals surface area contributed by atoms with E-state index in [0.717, 1.165) is 0 Å². The normalized spacial score (nSPS) is 16.7. The van der Waals surface area contributed by atoms with Gasteiger partial charge in [0, 0.05) is 31.7 Å². The largest absolute Gasteiger partial charge is 0.461 e. The number of hydrogen-bond acceptors (Lipinski definition) is 5. The number of ether oxygens (including phenoxy) is 1. The quantitative estimate of drug-likeness (QED) is 0.580. The van der Waals surface area contributed by atoms with Gasteiger partial charge in [-0.3, -0.25) is 9.59 Å². The summed E-state index contributed by atoms with van der Waals surface area (Å²) in [6.45, 7) is 4.34. The molecular formula is C22H25FN2O5S. The maximum absolute atomic E-state index is 13.2. The van der Waals surface area contributed by atoms with Gasteiger partial charge in [0.15, 0.2) is 0 Å². The number of benzene rings is 2. The first-order valence-electron chi connectivity index (χ1n) is 10.1. The molecule has 2 aromatic rings. The summed E-state index contributed by atoms with van der Waals surface area (Å²) in [5.41, 5.74) is 1.04. The average Bonchev–Trinajstić information content (AvgIpc) is 3.14. The molecule has 3 rings (SSSR count). The molecule has 1 atom stereocenters. The molecule has 0 aliphatic carbocycles. The van der Waals surface area contributed by atoms with Crippen molar-refractivity contribution < 1.29 is 27.1 Å². The molecular weight excluding hydrogens is 423 g/mol. The van der Waals surface area contributed by atoms with Crippen LogP contribution in [0.1, 0.15) is 25.8 Å². The fourth-order valence-corrected chi connectivity index (χ4v) is 4.98. The smallest absolute Gasteiger partial charge is 0.311 e. The summed E-state index contributed by atoms with van der Waals surface area (Å²) in [6.07, 6.45) is 0.00147. The molecule has 31 heavy (non-hydrogen) atoms. The minimum absolute atomic E-state index is 0.00147. The first kappa shape index (κ1) is 22.9. The summed E-state index contributed by atoms with van der Waals surface area (Å²) in [6, 6.07) is 11.8. The number of carbonyl (C=O) groups is 2. The molecule has 166 valence electrons. The van der Waals surface area contributed by atoms with Crippen LogP contribution in [0.15, 0.2) is 53.4 Å². The highest BCUT2D eigenvalue weighted by Crippen LogP contribution is 2.28. The second kappa shape index (κ2) is 9.57. The first-order chi connectivity index (χ1) is 14.8. The van der Waals surface area contributed by atoms with Crippen LogP contribution in [0, 0.1) is 11.7 Å². The maximum atomic E-state index is 13.2. The van der Waals surface area contributed by atoms with Crippen molar-refractivity contribution in [3.8, 4) is 0 Å². The van der Waals surface area contributed by atoms with Gasteiger partial charge in [-0.2, -0.15) is 4.31 Å². The van der Waals surface area contributed by atoms with Crippen molar-refractivity contribution in [2.45, 2.75) is 31.8 Å². The predicted octanol–water partition coefficient (Wildman–Crippen LogP) is 2.95. The lowest BCUT2D eigenvalue weighted by atomic mass is 10.1. The number of hydrogen-bond donors (Lipinski definition) is 0. The summed E-state index contributed by atoms with van der Waals surface area (Å²) < 4.78 is 45.0. The van der Waals surface area contributed by atoms with E-state index >= 15 is 0 Å². The van der Waals surface area contributed by atoms with E-state index in [-0.39, 0.29) is 30.4 Å². The van der Waals surface area contributed by atoms with Gasteiger partial charge in [0.25, 0.3) is 0 Å². The van der Waals surface area contributed by atoms with E-state index in [4.69, 9.17) is 4.74 Å². The number of carbonyl (C=O) groups excluding carboxylic acids is 2. The fraction of sp³-hybridized carbons (Fsp3) is 0.364. The van der Waals surface area contributed by atoms with Crippen molar-refractivity contribution in [1.82, 2.24) is 4.31 Å². The van der Waals surface area contributed by atoms with Crippen LogP contribution in [0.4, 0.5) is 10.1 Å². The van der Waals surface area contributed by atoms with Gasteiger partial charge in [0.2, 0.25) is 15.9 Å². The highest BCUT2D eigenvalue weighted by Gasteiger charge is 2.36. The van der Waals surface area contributed by atoms with E-state index in [2.05, 4.69) is 0 Å². The van der Waals surface area contributed by atoms with Crippen LogP contribution in [0.3, 0.4) is 0 Å². The summed E-state index contributed by atoms with van der Waals surface area (Å²) in [4.78, 5) is 26.4. The van der Waals surface area contributed by atoms with Crippen LogP contribution < -0.4 is 4.90 Å². The van der Waals surface area contributed by atoms with Gasteiger partial charge < -0.3 is 9.64 Å². The second-order valence-electron chi connectivity index (χ2n) is 7.23. The van der Waals surface area contributed by atoms with Crippen molar-refractivity contribution in [3.63, 3.8) is 0 Å². The fourth-order valence-electron chi connectivity index (χ4n) is 3.52. The van der Waals surface area contributed by atoms with Crippen LogP contribution in [0.2, 0.25) is 0 Å². The number of esters is 1. The molecule has 9 heteroatoms. The first-order valence-corrected chi connectivity index (χ1v) is 11.5. The van der Waals surface area contributed by atoms with Crippen molar-refractivity contribution >= 4 is 27.6 Å². The van der Waals surface area contributed by atoms with Gasteiger partial charge in [-0.25, -0.2) is 12.8 Å². The van der Waals surface area contributed by atoms with Crippen LogP contribution in [-0.4, -0.2) is 44.2 Å². The Morgan fingerprint density at radius 2 is 1.84 bits per heavy atom. The number of nitrogens with zero attached hydrogens (tertiary/aromatic N) is 2. The standard InChI is InChI=1S/C22H25FN2O5S/c1-3-24(4-2)31(28,29)20-10-8-19(9-11-20)25-14-17(13-21(25)26)22(27)30-15-16-6-5-7-18(23)12-16/h5-12,17H,3-4,13-15H2,1-2H3. The van der Waals surface area contributed by atoms with E-state index in [1.54, 1.807) is 32.0 Å². The van der Waals surface area contributed by atoms with E-state index in [9.17, 15) is 22.4 Å². The molecule has 1 aliphatic rings. The number of amides is 1. The summed E-state index contributed by atoms with van der Waals surface area (Å²) in [5.74, 6) is -1.82. The summed E-state index contributed by atoms with van der Waals surface area (Å²) in [5, 5.41) is 0. The second-order valence-corrected chi connectivity index (χ2v) is 9.16. The van der Waals surface area contributed by atoms with E-state index in [0.29, 0.717) is 24.3 Å². The molecule has 1 aliphatic heterocycles. The molecule has 0 radical (unpaired) electrons. The Bertz CT molecular complexity index is 1050. The van der Waals surface area contributed by atoms with Crippen molar-refractivity contribution in [1.29, 1.82) is 0 Å². The van der Waals surface area contributed by atoms with Crippen molar-refractivity contribution in [3.05, 3.63) is 59.9 Å². The van der Waals surface area contributed by atoms with Crippen LogP contribution in [0.25, 0.3) is 0 Å². The molecule has 1 heterocycles. The van der Waals surface area contributed by atoms with E-state index in [1.165, 1.54) is 39.5 Å². The Hall–Kier alpha value is -2.78. The third kappa shape index (κ3) is 5.11. The van der Waals surface area contributed by atoms with E-state index < -0.39 is 27.7 Å². The molecule has 0 spiro atoms. The van der Waals surface area contributed by atoms with Gasteiger partial charge in [0.1, 0.15) is 12.4 Å². The predicted molar refractivity (Wildman–Crippen MR) is 113 cm³/mol. The molecule has 0 N–H and O–H groups in total. The zero-order valence-corrected chi connectivity index (χ0v) is 18.3. The van der Waals surface area contributed by atoms with Gasteiger partial charge in [-0.1, -0.05) is 26.0 Å². The number of halogens is 1. The van der Waals surface area contributed by atoms with Gasteiger partial charge >= 0.3 is 5.97 Å². The van der Waals surface area contributed by atoms with Crippen LogP contribution in [-0.2, 0) is 31.0 Å². The summed E-state index contributed by atoms with van der Waals surface area (Å²) in [7, 11) is -3.59. The van der Waals surface area contributed by atoms with Crippen LogP contribution in [0.5, 0.6) is 0 Å². The van der Waals surface area contributed by atoms with Gasteiger partial charge in [0.05, 0.1) is 10.8 Å². The minimum atomic E-state index is -3.59. The van der Waals surface area contributed by atoms with Crippen LogP contribution >= 0.6 is 0 Å². The van der Waals surface area contributed by atoms with Gasteiger partial charge in [-0.15, -0.1) is 0 Å². The molecule has 0 bridgehead atoms. The monoisotopic (exact) mass is 448 g/mol. The lowest BCUT2D eigenvalue weighted by Crippen LogP contribution is -2.30. The Morgan fingerprint density at radius 1 is 1.16 bits per heavy atom. The Balaban J connectivity index is 1.65. The molecule has 2 aromatic carbocycles. The molecule has 0 saturated carbocycles. The van der Waals surface area contributed by atoms with E-state index in [1.807, 2.05) is 0 Å². The van der Waals surface area contributed by atoms with Crippen molar-refractivity contribution in [2.75, 3.05) is 24.5 Å². The highest BCUT2D eigenvalue weighted by molar-refractivity contribution is 7.89. The minimum Gasteiger partial charge on any atom is -0.461 e. The number of sulfonamides is 1. The maximum Gasteiger partial charge on any atom is 0.311 e. The highest BCUT2D eigenvalue weighted by atomic mass is 32.2. The molecule has 1 amide bonds. The molecule has 1 fully saturated rings. The Kier molecular flexibility index (Phi) is 7.07. The SMILES string of the molecule is CCN(CC)S(=O)(=O)c1ccc(N2CC(C(=O)OCc3cccc(F)c3)CC2=O)cc1. The lowest BCUT2D eigenvalue weighted by Gasteiger charge is -2.20. The molecule has 1 unspecified atom stereocenters. The zero-order valence-electron chi connectivity index (χ0n) is 17.5. The summed E-state index contributed by atoms with van der Waals surface area (Å²) >= 11 is 0. The Morgan fingerprint density at radius 3 is 2.45 bits per heavy atom. The van der Waals surface area contributed by atoms with Gasteiger partial charge in [-0.05, 0) is 42.0 Å². The lowest BCUT2D eigenvalue weighted by molar-refractivity contribution is -0.149. The third-order valence-electron chi connectivity index (χ3n) is 5.22.